The number of carbonyl (C=O) groups is 1. The Balaban J connectivity index is 2.53. The summed E-state index contributed by atoms with van der Waals surface area (Å²) in [6.45, 7) is 3.48. The summed E-state index contributed by atoms with van der Waals surface area (Å²) in [5.74, 6) is -0.546. The van der Waals surface area contributed by atoms with Crippen molar-refractivity contribution in [3.05, 3.63) is 39.7 Å². The van der Waals surface area contributed by atoms with Gasteiger partial charge in [-0.05, 0) is 13.8 Å². The van der Waals surface area contributed by atoms with Crippen molar-refractivity contribution >= 4 is 5.97 Å². The molecule has 0 unspecified atom stereocenters. The zero-order chi connectivity index (χ0) is 13.3. The molecule has 7 heteroatoms. The van der Waals surface area contributed by atoms with Crippen molar-refractivity contribution < 1.29 is 9.90 Å². The summed E-state index contributed by atoms with van der Waals surface area (Å²) >= 11 is 0. The number of hydrogen-bond donors (Lipinski definition) is 2. The van der Waals surface area contributed by atoms with E-state index in [1.807, 2.05) is 0 Å². The van der Waals surface area contributed by atoms with Gasteiger partial charge in [0.15, 0.2) is 5.82 Å². The molecule has 2 heterocycles. The van der Waals surface area contributed by atoms with E-state index in [4.69, 9.17) is 5.11 Å². The summed E-state index contributed by atoms with van der Waals surface area (Å²) < 4.78 is 1.48. The first kappa shape index (κ1) is 12.0. The number of aromatic nitrogens is 4. The van der Waals surface area contributed by atoms with Gasteiger partial charge in [0, 0.05) is 17.3 Å². The number of nitrogens with one attached hydrogen (secondary N) is 1. The molecule has 0 aliphatic heterocycles. The van der Waals surface area contributed by atoms with Crippen LogP contribution in [0.25, 0.3) is 5.82 Å². The second-order valence-electron chi connectivity index (χ2n) is 3.90. The molecule has 7 nitrogen and oxygen atoms in total. The predicted octanol–water partition coefficient (Wildman–Crippen LogP) is 0.200. The third-order valence-corrected chi connectivity index (χ3v) is 2.65. The molecule has 2 N–H and O–H groups in total. The van der Waals surface area contributed by atoms with Crippen LogP contribution in [0.2, 0.25) is 0 Å². The smallest absolute Gasteiger partial charge is 0.307 e. The van der Waals surface area contributed by atoms with Crippen LogP contribution in [0.5, 0.6) is 0 Å². The van der Waals surface area contributed by atoms with Crippen LogP contribution in [0.3, 0.4) is 0 Å². The fourth-order valence-electron chi connectivity index (χ4n) is 1.78. The first-order chi connectivity index (χ1) is 8.49. The Hall–Kier alpha value is -2.44. The molecule has 0 saturated heterocycles. The molecule has 2 aromatic heterocycles. The van der Waals surface area contributed by atoms with E-state index in [2.05, 4.69) is 15.1 Å². The molecule has 0 bridgehead atoms. The van der Waals surface area contributed by atoms with Crippen molar-refractivity contribution in [1.29, 1.82) is 0 Å². The predicted molar refractivity (Wildman–Crippen MR) is 62.8 cm³/mol. The third kappa shape index (κ3) is 2.15. The number of rotatable bonds is 3. The minimum Gasteiger partial charge on any atom is -0.481 e. The van der Waals surface area contributed by atoms with Gasteiger partial charge in [-0.2, -0.15) is 5.10 Å². The zero-order valence-corrected chi connectivity index (χ0v) is 9.97. The lowest BCUT2D eigenvalue weighted by Gasteiger charge is -2.02. The van der Waals surface area contributed by atoms with Crippen molar-refractivity contribution in [3.8, 4) is 5.82 Å². The highest BCUT2D eigenvalue weighted by Gasteiger charge is 2.15. The number of aryl methyl sites for hydroxylation is 1. The van der Waals surface area contributed by atoms with Crippen LogP contribution in [-0.2, 0) is 11.2 Å². The molecule has 0 saturated carbocycles. The van der Waals surface area contributed by atoms with Crippen LogP contribution >= 0.6 is 0 Å². The van der Waals surface area contributed by atoms with Gasteiger partial charge in [-0.15, -0.1) is 0 Å². The van der Waals surface area contributed by atoms with Gasteiger partial charge in [-0.25, -0.2) is 9.67 Å². The molecule has 2 rings (SSSR count). The van der Waals surface area contributed by atoms with E-state index in [1.54, 1.807) is 13.8 Å². The molecule has 0 amide bonds. The molecule has 0 spiro atoms. The summed E-state index contributed by atoms with van der Waals surface area (Å²) in [7, 11) is 0. The monoisotopic (exact) mass is 248 g/mol. The quantitative estimate of drug-likeness (QED) is 0.808. The molecular weight excluding hydrogens is 236 g/mol. The third-order valence-electron chi connectivity index (χ3n) is 2.65. The van der Waals surface area contributed by atoms with Gasteiger partial charge in [0.2, 0.25) is 0 Å². The molecule has 0 fully saturated rings. The van der Waals surface area contributed by atoms with Crippen LogP contribution in [0.1, 0.15) is 17.0 Å². The van der Waals surface area contributed by atoms with Gasteiger partial charge in [-0.1, -0.05) is 0 Å². The summed E-state index contributed by atoms with van der Waals surface area (Å²) in [5.41, 5.74) is 1.65. The highest BCUT2D eigenvalue weighted by molar-refractivity contribution is 5.71. The second kappa shape index (κ2) is 4.44. The van der Waals surface area contributed by atoms with Gasteiger partial charge in [-0.3, -0.25) is 9.59 Å². The van der Waals surface area contributed by atoms with Crippen molar-refractivity contribution in [2.75, 3.05) is 0 Å². The second-order valence-corrected chi connectivity index (χ2v) is 3.90. The minimum atomic E-state index is -0.917. The highest BCUT2D eigenvalue weighted by atomic mass is 16.4. The highest BCUT2D eigenvalue weighted by Crippen LogP contribution is 2.16. The van der Waals surface area contributed by atoms with Crippen molar-refractivity contribution in [1.82, 2.24) is 19.7 Å². The summed E-state index contributed by atoms with van der Waals surface area (Å²) in [6, 6.07) is 1.31. The molecule has 0 radical (unpaired) electrons. The Kier molecular flexibility index (Phi) is 2.97. The van der Waals surface area contributed by atoms with Crippen LogP contribution in [-0.4, -0.2) is 30.8 Å². The minimum absolute atomic E-state index is 0.0964. The number of nitrogens with zero attached hydrogens (tertiary/aromatic N) is 3. The standard InChI is InChI=1S/C11H12N4O3/c1-6-8(3-11(17)18)7(2)15(14-6)9-4-10(16)13-5-12-9/h4-5H,3H2,1-2H3,(H,17,18)(H,12,13,16). The maximum Gasteiger partial charge on any atom is 0.307 e. The van der Waals surface area contributed by atoms with Gasteiger partial charge in [0.05, 0.1) is 18.4 Å². The Labute approximate surface area is 102 Å². The summed E-state index contributed by atoms with van der Waals surface area (Å²) in [5, 5.41) is 13.0. The zero-order valence-electron chi connectivity index (χ0n) is 9.97. The van der Waals surface area contributed by atoms with Gasteiger partial charge < -0.3 is 10.1 Å². The fraction of sp³-hybridized carbons (Fsp3) is 0.273. The Bertz CT molecular complexity index is 657. The summed E-state index contributed by atoms with van der Waals surface area (Å²) in [4.78, 5) is 28.4. The number of carboxylic acids is 1. The van der Waals surface area contributed by atoms with Gasteiger partial charge in [0.25, 0.3) is 5.56 Å². The van der Waals surface area contributed by atoms with E-state index in [0.717, 1.165) is 0 Å². The first-order valence-electron chi connectivity index (χ1n) is 5.31. The lowest BCUT2D eigenvalue weighted by Crippen LogP contribution is -2.11. The molecule has 18 heavy (non-hydrogen) atoms. The maximum absolute atomic E-state index is 11.2. The van der Waals surface area contributed by atoms with E-state index in [0.29, 0.717) is 22.8 Å². The average molecular weight is 248 g/mol. The van der Waals surface area contributed by atoms with Gasteiger partial charge in [0.1, 0.15) is 0 Å². The summed E-state index contributed by atoms with van der Waals surface area (Å²) in [6.07, 6.45) is 1.19. The van der Waals surface area contributed by atoms with Crippen LogP contribution in [0.15, 0.2) is 17.2 Å². The van der Waals surface area contributed by atoms with Crippen molar-refractivity contribution in [2.45, 2.75) is 20.3 Å². The Morgan fingerprint density at radius 2 is 2.22 bits per heavy atom. The molecule has 0 aliphatic carbocycles. The lowest BCUT2D eigenvalue weighted by atomic mass is 10.1. The molecule has 94 valence electrons. The van der Waals surface area contributed by atoms with E-state index < -0.39 is 5.97 Å². The Morgan fingerprint density at radius 3 is 2.83 bits per heavy atom. The number of carboxylic acid groups (broad SMARTS) is 1. The van der Waals surface area contributed by atoms with Gasteiger partial charge >= 0.3 is 5.97 Å². The number of hydrogen-bond acceptors (Lipinski definition) is 4. The topological polar surface area (TPSA) is 101 Å². The lowest BCUT2D eigenvalue weighted by molar-refractivity contribution is -0.136. The normalized spacial score (nSPS) is 10.6. The number of H-pyrrole nitrogens is 1. The Morgan fingerprint density at radius 1 is 1.50 bits per heavy atom. The van der Waals surface area contributed by atoms with E-state index in [9.17, 15) is 9.59 Å². The fourth-order valence-corrected chi connectivity index (χ4v) is 1.78. The number of aromatic amines is 1. The van der Waals surface area contributed by atoms with E-state index in [1.165, 1.54) is 17.1 Å². The molecule has 0 aromatic carbocycles. The van der Waals surface area contributed by atoms with Crippen molar-refractivity contribution in [2.24, 2.45) is 0 Å². The maximum atomic E-state index is 11.2. The van der Waals surface area contributed by atoms with Crippen LogP contribution < -0.4 is 5.56 Å². The molecule has 0 aliphatic rings. The number of aliphatic carboxylic acids is 1. The molecular formula is C11H12N4O3. The van der Waals surface area contributed by atoms with Crippen molar-refractivity contribution in [3.63, 3.8) is 0 Å². The van der Waals surface area contributed by atoms with E-state index in [-0.39, 0.29) is 12.0 Å². The molecule has 0 atom stereocenters. The van der Waals surface area contributed by atoms with Crippen LogP contribution in [0.4, 0.5) is 0 Å². The largest absolute Gasteiger partial charge is 0.481 e. The average Bonchev–Trinajstić information content (AvgIpc) is 2.56. The SMILES string of the molecule is Cc1nn(-c2cc(=O)[nH]cn2)c(C)c1CC(=O)O. The van der Waals surface area contributed by atoms with E-state index >= 15 is 0 Å². The van der Waals surface area contributed by atoms with Crippen LogP contribution in [0, 0.1) is 13.8 Å². The first-order valence-corrected chi connectivity index (χ1v) is 5.31. The molecule has 2 aromatic rings.